The summed E-state index contributed by atoms with van der Waals surface area (Å²) < 4.78 is 10.8. The van der Waals surface area contributed by atoms with Gasteiger partial charge in [0.05, 0.1) is 18.3 Å². The largest absolute Gasteiger partial charge is 0.490 e. The van der Waals surface area contributed by atoms with Gasteiger partial charge in [-0.3, -0.25) is 0 Å². The van der Waals surface area contributed by atoms with Crippen LogP contribution in [0.4, 0.5) is 0 Å². The number of rotatable bonds is 4. The number of aliphatic hydroxyl groups is 1. The molecule has 0 aromatic heterocycles. The summed E-state index contributed by atoms with van der Waals surface area (Å²) in [5.74, 6) is 1.20. The Bertz CT molecular complexity index is 321. The van der Waals surface area contributed by atoms with Crippen LogP contribution in [0, 0.1) is 5.92 Å². The van der Waals surface area contributed by atoms with Crippen LogP contribution in [0.25, 0.3) is 0 Å². The van der Waals surface area contributed by atoms with Gasteiger partial charge in [-0.05, 0) is 31.3 Å². The van der Waals surface area contributed by atoms with Crippen LogP contribution in [0.1, 0.15) is 19.3 Å². The third kappa shape index (κ3) is 1.94. The molecule has 3 aliphatic rings. The first kappa shape index (κ1) is 9.43. The van der Waals surface area contributed by atoms with E-state index in [0.29, 0.717) is 24.7 Å². The second-order valence-electron chi connectivity index (χ2n) is 4.70. The predicted molar refractivity (Wildman–Crippen MR) is 55.2 cm³/mol. The van der Waals surface area contributed by atoms with Crippen LogP contribution in [0.5, 0.6) is 0 Å². The van der Waals surface area contributed by atoms with E-state index in [1.165, 1.54) is 0 Å². The Hall–Kier alpha value is -0.800. The summed E-state index contributed by atoms with van der Waals surface area (Å²) in [5, 5.41) is 9.94. The van der Waals surface area contributed by atoms with E-state index in [2.05, 4.69) is 6.58 Å². The Labute approximate surface area is 89.4 Å². The fourth-order valence-corrected chi connectivity index (χ4v) is 2.35. The average Bonchev–Trinajstić information content (AvgIpc) is 3.10. The zero-order valence-electron chi connectivity index (χ0n) is 8.69. The molecule has 0 radical (unpaired) electrons. The van der Waals surface area contributed by atoms with Gasteiger partial charge in [0.1, 0.15) is 12.4 Å². The summed E-state index contributed by atoms with van der Waals surface area (Å²) in [5.41, 5.74) is 0.955. The van der Waals surface area contributed by atoms with Crippen molar-refractivity contribution in [1.82, 2.24) is 0 Å². The molecule has 0 aromatic rings. The molecule has 4 atom stereocenters. The Morgan fingerprint density at radius 2 is 2.33 bits per heavy atom. The Balaban J connectivity index is 1.44. The van der Waals surface area contributed by atoms with Crippen molar-refractivity contribution < 1.29 is 14.6 Å². The van der Waals surface area contributed by atoms with E-state index in [-0.39, 0.29) is 6.10 Å². The lowest BCUT2D eigenvalue weighted by atomic mass is 9.85. The van der Waals surface area contributed by atoms with Crippen molar-refractivity contribution in [3.8, 4) is 0 Å². The van der Waals surface area contributed by atoms with Gasteiger partial charge in [0, 0.05) is 5.57 Å². The third-order valence-electron chi connectivity index (χ3n) is 3.54. The highest BCUT2D eigenvalue weighted by Gasteiger charge is 2.45. The molecule has 82 valence electrons. The number of ether oxygens (including phenoxy) is 2. The highest BCUT2D eigenvalue weighted by atomic mass is 16.6. The van der Waals surface area contributed by atoms with Crippen molar-refractivity contribution >= 4 is 0 Å². The van der Waals surface area contributed by atoms with Crippen LogP contribution in [0.2, 0.25) is 0 Å². The molecule has 1 aliphatic heterocycles. The molecule has 3 rings (SSSR count). The van der Waals surface area contributed by atoms with E-state index in [1.807, 2.05) is 6.08 Å². The van der Waals surface area contributed by atoms with Gasteiger partial charge in [-0.1, -0.05) is 6.58 Å². The minimum atomic E-state index is -0.357. The van der Waals surface area contributed by atoms with Crippen molar-refractivity contribution in [2.75, 3.05) is 6.61 Å². The maximum absolute atomic E-state index is 9.94. The number of allylic oxidation sites excluding steroid dienone is 2. The van der Waals surface area contributed by atoms with Crippen LogP contribution in [-0.4, -0.2) is 30.0 Å². The van der Waals surface area contributed by atoms with Crippen LogP contribution < -0.4 is 0 Å². The fraction of sp³-hybridized carbons (Fsp3) is 0.667. The minimum Gasteiger partial charge on any atom is -0.490 e. The van der Waals surface area contributed by atoms with Gasteiger partial charge in [-0.25, -0.2) is 0 Å². The SMILES string of the molecule is C=C1C=C1OCC(O)C1CCC2OC2C1. The zero-order valence-corrected chi connectivity index (χ0v) is 8.69. The molecule has 0 bridgehead atoms. The monoisotopic (exact) mass is 208 g/mol. The first-order valence-corrected chi connectivity index (χ1v) is 5.61. The van der Waals surface area contributed by atoms with Gasteiger partial charge in [0.15, 0.2) is 0 Å². The first-order chi connectivity index (χ1) is 7.24. The van der Waals surface area contributed by atoms with Gasteiger partial charge in [-0.2, -0.15) is 0 Å². The highest BCUT2D eigenvalue weighted by Crippen LogP contribution is 2.40. The summed E-state index contributed by atoms with van der Waals surface area (Å²) in [4.78, 5) is 0. The summed E-state index contributed by atoms with van der Waals surface area (Å²) in [6.07, 6.45) is 5.61. The van der Waals surface area contributed by atoms with Gasteiger partial charge in [-0.15, -0.1) is 0 Å². The number of fused-ring (bicyclic) bond motifs is 1. The minimum absolute atomic E-state index is 0.348. The average molecular weight is 208 g/mol. The molecule has 1 saturated carbocycles. The van der Waals surface area contributed by atoms with E-state index >= 15 is 0 Å². The molecule has 0 amide bonds. The molecule has 0 spiro atoms. The van der Waals surface area contributed by atoms with Crippen molar-refractivity contribution in [3.63, 3.8) is 0 Å². The summed E-state index contributed by atoms with van der Waals surface area (Å²) in [6, 6.07) is 0. The Morgan fingerprint density at radius 1 is 1.53 bits per heavy atom. The van der Waals surface area contributed by atoms with Crippen LogP contribution in [0.15, 0.2) is 24.0 Å². The van der Waals surface area contributed by atoms with Crippen LogP contribution in [0.3, 0.4) is 0 Å². The summed E-state index contributed by atoms with van der Waals surface area (Å²) >= 11 is 0. The molecule has 1 saturated heterocycles. The van der Waals surface area contributed by atoms with Gasteiger partial charge < -0.3 is 14.6 Å². The Kier molecular flexibility index (Phi) is 2.11. The first-order valence-electron chi connectivity index (χ1n) is 5.61. The second-order valence-corrected chi connectivity index (χ2v) is 4.70. The summed E-state index contributed by atoms with van der Waals surface area (Å²) in [6.45, 7) is 4.13. The number of hydrogen-bond donors (Lipinski definition) is 1. The van der Waals surface area contributed by atoms with E-state index < -0.39 is 0 Å². The van der Waals surface area contributed by atoms with Crippen molar-refractivity contribution in [2.24, 2.45) is 5.92 Å². The molecule has 3 heteroatoms. The number of aliphatic hydroxyl groups excluding tert-OH is 1. The van der Waals surface area contributed by atoms with E-state index in [9.17, 15) is 5.11 Å². The van der Waals surface area contributed by atoms with Gasteiger partial charge in [0.25, 0.3) is 0 Å². The lowest BCUT2D eigenvalue weighted by Crippen LogP contribution is -2.29. The van der Waals surface area contributed by atoms with Crippen molar-refractivity contribution in [1.29, 1.82) is 0 Å². The molecule has 1 heterocycles. The predicted octanol–water partition coefficient (Wildman–Crippen LogP) is 1.39. The Morgan fingerprint density at radius 3 is 3.00 bits per heavy atom. The standard InChI is InChI=1S/C12H16O3/c1-7-4-11(7)14-6-9(13)8-2-3-10-12(5-8)15-10/h4,8-10,12-13H,1-3,5-6H2. The van der Waals surface area contributed by atoms with Crippen LogP contribution >= 0.6 is 0 Å². The highest BCUT2D eigenvalue weighted by molar-refractivity contribution is 5.50. The smallest absolute Gasteiger partial charge is 0.126 e. The molecule has 2 aliphatic carbocycles. The van der Waals surface area contributed by atoms with Crippen molar-refractivity contribution in [3.05, 3.63) is 24.0 Å². The molecule has 1 N–H and O–H groups in total. The van der Waals surface area contributed by atoms with Crippen LogP contribution in [-0.2, 0) is 9.47 Å². The van der Waals surface area contributed by atoms with E-state index in [0.717, 1.165) is 30.6 Å². The molecule has 4 unspecified atom stereocenters. The fourth-order valence-electron chi connectivity index (χ4n) is 2.35. The zero-order chi connectivity index (χ0) is 10.4. The van der Waals surface area contributed by atoms with E-state index in [1.54, 1.807) is 0 Å². The van der Waals surface area contributed by atoms with Crippen molar-refractivity contribution in [2.45, 2.75) is 37.6 Å². The van der Waals surface area contributed by atoms with Gasteiger partial charge in [0.2, 0.25) is 0 Å². The molecular weight excluding hydrogens is 192 g/mol. The lowest BCUT2D eigenvalue weighted by molar-refractivity contribution is 0.0254. The normalized spacial score (nSPS) is 39.1. The number of hydrogen-bond acceptors (Lipinski definition) is 3. The van der Waals surface area contributed by atoms with Gasteiger partial charge >= 0.3 is 0 Å². The molecular formula is C12H16O3. The second kappa shape index (κ2) is 3.35. The maximum Gasteiger partial charge on any atom is 0.126 e. The number of epoxide rings is 1. The van der Waals surface area contributed by atoms with E-state index in [4.69, 9.17) is 9.47 Å². The topological polar surface area (TPSA) is 42.0 Å². The lowest BCUT2D eigenvalue weighted by Gasteiger charge is -2.24. The quantitative estimate of drug-likeness (QED) is 0.710. The molecule has 15 heavy (non-hydrogen) atoms. The maximum atomic E-state index is 9.94. The molecule has 2 fully saturated rings. The third-order valence-corrected chi connectivity index (χ3v) is 3.54. The molecule has 0 aromatic carbocycles. The molecule has 3 nitrogen and oxygen atoms in total. The summed E-state index contributed by atoms with van der Waals surface area (Å²) in [7, 11) is 0.